The highest BCUT2D eigenvalue weighted by Gasteiger charge is 2.27. The van der Waals surface area contributed by atoms with E-state index in [0.717, 1.165) is 24.2 Å². The molecule has 0 bridgehead atoms. The van der Waals surface area contributed by atoms with Crippen LogP contribution in [0.5, 0.6) is 5.88 Å². The fraction of sp³-hybridized carbons (Fsp3) is 0.400. The average molecular weight is 286 g/mol. The zero-order valence-electron chi connectivity index (χ0n) is 12.2. The summed E-state index contributed by atoms with van der Waals surface area (Å²) in [7, 11) is 0. The van der Waals surface area contributed by atoms with E-state index in [9.17, 15) is 4.79 Å². The standard InChI is InChI=1S/C15H18N4O2/c1-10(2)21-14-11(5-3-7-16-14)15(20)19-8-4-6-12-13(19)9-17-18-12/h3,5,7,9-10H,4,6,8H2,1-2H3,(H,17,18). The number of amides is 1. The normalized spacial score (nSPS) is 14.1. The van der Waals surface area contributed by atoms with E-state index in [1.165, 1.54) is 0 Å². The molecule has 6 heteroatoms. The van der Waals surface area contributed by atoms with E-state index in [2.05, 4.69) is 15.2 Å². The van der Waals surface area contributed by atoms with Gasteiger partial charge in [-0.2, -0.15) is 5.10 Å². The molecular weight excluding hydrogens is 268 g/mol. The number of fused-ring (bicyclic) bond motifs is 1. The fourth-order valence-electron chi connectivity index (χ4n) is 2.48. The van der Waals surface area contributed by atoms with Gasteiger partial charge in [-0.3, -0.25) is 9.89 Å². The Bertz CT molecular complexity index is 651. The number of nitrogens with zero attached hydrogens (tertiary/aromatic N) is 3. The van der Waals surface area contributed by atoms with Crippen molar-refractivity contribution < 1.29 is 9.53 Å². The molecule has 110 valence electrons. The maximum absolute atomic E-state index is 12.8. The van der Waals surface area contributed by atoms with E-state index in [4.69, 9.17) is 4.74 Å². The first-order chi connectivity index (χ1) is 10.2. The van der Waals surface area contributed by atoms with Crippen LogP contribution in [0.4, 0.5) is 5.69 Å². The number of ether oxygens (including phenoxy) is 1. The lowest BCUT2D eigenvalue weighted by molar-refractivity contribution is 0.0978. The van der Waals surface area contributed by atoms with Crippen molar-refractivity contribution in [2.24, 2.45) is 0 Å². The third kappa shape index (κ3) is 2.61. The van der Waals surface area contributed by atoms with E-state index >= 15 is 0 Å². The molecule has 3 heterocycles. The van der Waals surface area contributed by atoms with Crippen molar-refractivity contribution in [2.45, 2.75) is 32.8 Å². The Labute approximate surface area is 123 Å². The van der Waals surface area contributed by atoms with Gasteiger partial charge in [-0.1, -0.05) is 0 Å². The second-order valence-corrected chi connectivity index (χ2v) is 5.32. The van der Waals surface area contributed by atoms with Crippen molar-refractivity contribution in [2.75, 3.05) is 11.4 Å². The predicted octanol–water partition coefficient (Wildman–Crippen LogP) is 2.18. The van der Waals surface area contributed by atoms with Crippen LogP contribution in [0.15, 0.2) is 24.5 Å². The number of aryl methyl sites for hydroxylation is 1. The summed E-state index contributed by atoms with van der Waals surface area (Å²) in [5.41, 5.74) is 2.34. The van der Waals surface area contributed by atoms with Gasteiger partial charge in [-0.15, -0.1) is 0 Å². The average Bonchev–Trinajstić information content (AvgIpc) is 2.95. The molecule has 1 N–H and O–H groups in total. The Hall–Kier alpha value is -2.37. The molecule has 0 radical (unpaired) electrons. The summed E-state index contributed by atoms with van der Waals surface area (Å²) in [5.74, 6) is 0.286. The van der Waals surface area contributed by atoms with Crippen molar-refractivity contribution in [1.29, 1.82) is 0 Å². The summed E-state index contributed by atoms with van der Waals surface area (Å²) in [6, 6.07) is 3.50. The lowest BCUT2D eigenvalue weighted by Gasteiger charge is -2.27. The molecule has 1 aliphatic heterocycles. The van der Waals surface area contributed by atoms with Crippen LogP contribution in [-0.2, 0) is 6.42 Å². The lowest BCUT2D eigenvalue weighted by Crippen LogP contribution is -2.35. The smallest absolute Gasteiger partial charge is 0.263 e. The van der Waals surface area contributed by atoms with Crippen LogP contribution >= 0.6 is 0 Å². The quantitative estimate of drug-likeness (QED) is 0.938. The van der Waals surface area contributed by atoms with Gasteiger partial charge in [0.05, 0.1) is 23.7 Å². The molecule has 0 fully saturated rings. The third-order valence-corrected chi connectivity index (χ3v) is 3.39. The minimum Gasteiger partial charge on any atom is -0.474 e. The summed E-state index contributed by atoms with van der Waals surface area (Å²) in [5, 5.41) is 6.99. The number of H-pyrrole nitrogens is 1. The highest BCUT2D eigenvalue weighted by atomic mass is 16.5. The van der Waals surface area contributed by atoms with Gasteiger partial charge >= 0.3 is 0 Å². The van der Waals surface area contributed by atoms with Crippen LogP contribution in [0.2, 0.25) is 0 Å². The molecular formula is C15H18N4O2. The van der Waals surface area contributed by atoms with Crippen LogP contribution in [0.25, 0.3) is 0 Å². The van der Waals surface area contributed by atoms with E-state index in [1.807, 2.05) is 13.8 Å². The molecule has 3 rings (SSSR count). The van der Waals surface area contributed by atoms with Gasteiger partial charge in [0.15, 0.2) is 0 Å². The largest absolute Gasteiger partial charge is 0.474 e. The van der Waals surface area contributed by atoms with Gasteiger partial charge in [0.2, 0.25) is 5.88 Å². The summed E-state index contributed by atoms with van der Waals surface area (Å²) in [4.78, 5) is 18.8. The van der Waals surface area contributed by atoms with Crippen molar-refractivity contribution >= 4 is 11.6 Å². The number of carbonyl (C=O) groups excluding carboxylic acids is 1. The Morgan fingerprint density at radius 1 is 1.48 bits per heavy atom. The van der Waals surface area contributed by atoms with Gasteiger partial charge in [0.25, 0.3) is 5.91 Å². The number of pyridine rings is 1. The summed E-state index contributed by atoms with van der Waals surface area (Å²) in [6.07, 6.45) is 5.14. The monoisotopic (exact) mass is 286 g/mol. The van der Waals surface area contributed by atoms with Crippen LogP contribution in [-0.4, -0.2) is 33.7 Å². The van der Waals surface area contributed by atoms with Crippen LogP contribution in [0, 0.1) is 0 Å². The van der Waals surface area contributed by atoms with E-state index in [1.54, 1.807) is 29.4 Å². The van der Waals surface area contributed by atoms with E-state index in [-0.39, 0.29) is 12.0 Å². The number of carbonyl (C=O) groups is 1. The molecule has 2 aromatic rings. The van der Waals surface area contributed by atoms with Crippen LogP contribution in [0.1, 0.15) is 36.3 Å². The highest BCUT2D eigenvalue weighted by Crippen LogP contribution is 2.28. The van der Waals surface area contributed by atoms with Crippen molar-refractivity contribution in [3.8, 4) is 5.88 Å². The molecule has 0 saturated heterocycles. The van der Waals surface area contributed by atoms with Gasteiger partial charge < -0.3 is 9.64 Å². The molecule has 0 aliphatic carbocycles. The summed E-state index contributed by atoms with van der Waals surface area (Å²) >= 11 is 0. The highest BCUT2D eigenvalue weighted by molar-refractivity contribution is 6.08. The molecule has 0 unspecified atom stereocenters. The van der Waals surface area contributed by atoms with Crippen molar-refractivity contribution in [3.63, 3.8) is 0 Å². The second-order valence-electron chi connectivity index (χ2n) is 5.32. The Kier molecular flexibility index (Phi) is 3.60. The number of hydrogen-bond donors (Lipinski definition) is 1. The van der Waals surface area contributed by atoms with Gasteiger partial charge in [-0.25, -0.2) is 4.98 Å². The number of aromatic nitrogens is 3. The fourth-order valence-corrected chi connectivity index (χ4v) is 2.48. The first kappa shape index (κ1) is 13.6. The van der Waals surface area contributed by atoms with Gasteiger partial charge in [0.1, 0.15) is 5.56 Å². The molecule has 0 spiro atoms. The van der Waals surface area contributed by atoms with Crippen molar-refractivity contribution in [3.05, 3.63) is 35.8 Å². The van der Waals surface area contributed by atoms with E-state index in [0.29, 0.717) is 18.0 Å². The zero-order valence-corrected chi connectivity index (χ0v) is 12.2. The maximum atomic E-state index is 12.8. The predicted molar refractivity (Wildman–Crippen MR) is 78.6 cm³/mol. The molecule has 6 nitrogen and oxygen atoms in total. The minimum atomic E-state index is -0.0962. The summed E-state index contributed by atoms with van der Waals surface area (Å²) < 4.78 is 5.64. The maximum Gasteiger partial charge on any atom is 0.263 e. The van der Waals surface area contributed by atoms with Crippen LogP contribution < -0.4 is 9.64 Å². The molecule has 0 aromatic carbocycles. The number of rotatable bonds is 3. The summed E-state index contributed by atoms with van der Waals surface area (Å²) in [6.45, 7) is 4.51. The molecule has 1 aliphatic rings. The molecule has 1 amide bonds. The Morgan fingerprint density at radius 3 is 3.14 bits per heavy atom. The van der Waals surface area contributed by atoms with E-state index < -0.39 is 0 Å². The number of nitrogens with one attached hydrogen (secondary N) is 1. The van der Waals surface area contributed by atoms with Crippen molar-refractivity contribution in [1.82, 2.24) is 15.2 Å². The van der Waals surface area contributed by atoms with Crippen LogP contribution in [0.3, 0.4) is 0 Å². The minimum absolute atomic E-state index is 0.0303. The molecule has 0 saturated carbocycles. The Morgan fingerprint density at radius 2 is 2.33 bits per heavy atom. The number of hydrogen-bond acceptors (Lipinski definition) is 4. The Balaban J connectivity index is 1.94. The first-order valence-corrected chi connectivity index (χ1v) is 7.12. The van der Waals surface area contributed by atoms with Gasteiger partial charge in [-0.05, 0) is 38.8 Å². The lowest BCUT2D eigenvalue weighted by atomic mass is 10.1. The third-order valence-electron chi connectivity index (χ3n) is 3.39. The second kappa shape index (κ2) is 5.55. The topological polar surface area (TPSA) is 71.1 Å². The SMILES string of the molecule is CC(C)Oc1ncccc1C(=O)N1CCCc2[nH]ncc21. The molecule has 0 atom stereocenters. The zero-order chi connectivity index (χ0) is 14.8. The number of anilines is 1. The molecule has 2 aromatic heterocycles. The number of aromatic amines is 1. The van der Waals surface area contributed by atoms with Gasteiger partial charge in [0, 0.05) is 12.7 Å². The first-order valence-electron chi connectivity index (χ1n) is 7.12. The molecule has 21 heavy (non-hydrogen) atoms.